The van der Waals surface area contributed by atoms with Crippen LogP contribution in [-0.2, 0) is 0 Å². The third-order valence-electron chi connectivity index (χ3n) is 4.43. The Morgan fingerprint density at radius 2 is 1.89 bits per heavy atom. The number of unbranched alkanes of at least 4 members (excludes halogenated alkanes) is 2. The van der Waals surface area contributed by atoms with Crippen LogP contribution in [0.1, 0.15) is 68.6 Å². The number of nitrogens with zero attached hydrogens (tertiary/aromatic N) is 1. The van der Waals surface area contributed by atoms with E-state index in [1.54, 1.807) is 18.0 Å². The fraction of sp³-hybridized carbons (Fsp3) is 0.545. The van der Waals surface area contributed by atoms with Crippen molar-refractivity contribution in [1.82, 2.24) is 4.98 Å². The summed E-state index contributed by atoms with van der Waals surface area (Å²) in [6.07, 6.45) is 6.52. The number of hydrogen-bond donors (Lipinski definition) is 1. The lowest BCUT2D eigenvalue weighted by Crippen LogP contribution is -2.25. The van der Waals surface area contributed by atoms with Gasteiger partial charge in [-0.15, -0.1) is 11.3 Å². The summed E-state index contributed by atoms with van der Waals surface area (Å²) in [5.41, 5.74) is 6.30. The van der Waals surface area contributed by atoms with E-state index in [-0.39, 0.29) is 15.3 Å². The molecule has 0 fully saturated rings. The maximum Gasteiger partial charge on any atom is 0.205 e. The highest BCUT2D eigenvalue weighted by Crippen LogP contribution is 2.40. The Bertz CT molecular complexity index is 742. The zero-order chi connectivity index (χ0) is 20.6. The molecule has 0 unspecified atom stereocenters. The maximum absolute atomic E-state index is 12.8. The molecule has 2 rings (SSSR count). The topological polar surface area (TPSA) is 56.0 Å². The first-order chi connectivity index (χ1) is 13.2. The lowest BCUT2D eigenvalue weighted by Gasteiger charge is -2.30. The molecule has 2 aromatic heterocycles. The van der Waals surface area contributed by atoms with Crippen molar-refractivity contribution < 1.29 is 4.79 Å². The number of hydrogen-bond acceptors (Lipinski definition) is 6. The van der Waals surface area contributed by atoms with E-state index < -0.39 is 0 Å². The highest BCUT2D eigenvalue weighted by Gasteiger charge is 2.28. The highest BCUT2D eigenvalue weighted by atomic mass is 32.2. The zero-order valence-electron chi connectivity index (χ0n) is 17.4. The van der Waals surface area contributed by atoms with Gasteiger partial charge >= 0.3 is 0 Å². The van der Waals surface area contributed by atoms with Gasteiger partial charge in [-0.25, -0.2) is 4.98 Å². The second kappa shape index (κ2) is 10.8. The molecule has 0 spiro atoms. The van der Waals surface area contributed by atoms with Crippen LogP contribution in [0, 0.1) is 0 Å². The summed E-state index contributed by atoms with van der Waals surface area (Å²) in [6.45, 7) is 9.92. The second-order valence-electron chi connectivity index (χ2n) is 8.17. The molecule has 0 atom stereocenters. The van der Waals surface area contributed by atoms with Crippen LogP contribution in [-0.4, -0.2) is 32.6 Å². The van der Waals surface area contributed by atoms with E-state index in [2.05, 4.69) is 32.7 Å². The number of aromatic nitrogens is 1. The minimum Gasteiger partial charge on any atom is -0.330 e. The first kappa shape index (κ1) is 23.5. The average molecular weight is 437 g/mol. The Balaban J connectivity index is 1.99. The number of rotatable bonds is 12. The van der Waals surface area contributed by atoms with Gasteiger partial charge in [0, 0.05) is 21.4 Å². The van der Waals surface area contributed by atoms with Gasteiger partial charge in [-0.3, -0.25) is 4.79 Å². The Morgan fingerprint density at radius 3 is 2.57 bits per heavy atom. The monoisotopic (exact) mass is 436 g/mol. The number of thiophene rings is 1. The summed E-state index contributed by atoms with van der Waals surface area (Å²) < 4.78 is 0.226. The summed E-state index contributed by atoms with van der Waals surface area (Å²) in [4.78, 5) is 18.1. The van der Waals surface area contributed by atoms with Gasteiger partial charge in [-0.2, -0.15) is 11.8 Å². The molecule has 154 valence electrons. The van der Waals surface area contributed by atoms with Crippen LogP contribution in [0.15, 0.2) is 40.9 Å². The Morgan fingerprint density at radius 1 is 1.11 bits per heavy atom. The second-order valence-corrected chi connectivity index (χ2v) is 12.5. The summed E-state index contributed by atoms with van der Waals surface area (Å²) in [5.74, 6) is 1.07. The quantitative estimate of drug-likeness (QED) is 0.241. The molecule has 0 radical (unpaired) electrons. The maximum atomic E-state index is 12.8. The molecule has 0 aliphatic heterocycles. The number of pyridine rings is 1. The van der Waals surface area contributed by atoms with Crippen molar-refractivity contribution in [3.63, 3.8) is 0 Å². The fourth-order valence-corrected chi connectivity index (χ4v) is 5.81. The van der Waals surface area contributed by atoms with Crippen LogP contribution in [0.25, 0.3) is 0 Å². The molecular formula is C22H32N2OS3. The van der Waals surface area contributed by atoms with Crippen molar-refractivity contribution in [2.24, 2.45) is 5.73 Å². The minimum atomic E-state index is -0.0158. The Kier molecular flexibility index (Phi) is 9.06. The average Bonchev–Trinajstić information content (AvgIpc) is 3.18. The van der Waals surface area contributed by atoms with E-state index in [1.165, 1.54) is 30.6 Å². The van der Waals surface area contributed by atoms with E-state index in [1.807, 2.05) is 41.4 Å². The van der Waals surface area contributed by atoms with Crippen LogP contribution in [0.5, 0.6) is 0 Å². The van der Waals surface area contributed by atoms with Gasteiger partial charge in [-0.1, -0.05) is 44.5 Å². The molecule has 0 saturated heterocycles. The number of thioether (sulfide) groups is 2. The molecule has 0 bridgehead atoms. The van der Waals surface area contributed by atoms with Crippen LogP contribution in [0.2, 0.25) is 0 Å². The Labute approximate surface area is 182 Å². The van der Waals surface area contributed by atoms with E-state index in [0.29, 0.717) is 5.56 Å². The smallest absolute Gasteiger partial charge is 0.205 e. The molecule has 0 aliphatic carbocycles. The molecule has 0 amide bonds. The van der Waals surface area contributed by atoms with Crippen LogP contribution in [0.3, 0.4) is 0 Å². The molecule has 2 N–H and O–H groups in total. The van der Waals surface area contributed by atoms with E-state index >= 15 is 0 Å². The minimum absolute atomic E-state index is 0.0158. The fourth-order valence-electron chi connectivity index (χ4n) is 2.79. The predicted octanol–water partition coefficient (Wildman–Crippen LogP) is 6.28. The number of carbonyl (C=O) groups is 1. The summed E-state index contributed by atoms with van der Waals surface area (Å²) in [7, 11) is 0. The molecule has 2 aromatic rings. The lowest BCUT2D eigenvalue weighted by molar-refractivity contribution is 0.103. The van der Waals surface area contributed by atoms with E-state index in [4.69, 9.17) is 5.73 Å². The van der Waals surface area contributed by atoms with Crippen molar-refractivity contribution in [2.75, 3.05) is 12.3 Å². The van der Waals surface area contributed by atoms with E-state index in [9.17, 15) is 4.79 Å². The van der Waals surface area contributed by atoms with Gasteiger partial charge in [0.15, 0.2) is 0 Å². The van der Waals surface area contributed by atoms with Gasteiger partial charge in [0.25, 0.3) is 0 Å². The summed E-state index contributed by atoms with van der Waals surface area (Å²) >= 11 is 5.20. The van der Waals surface area contributed by atoms with Gasteiger partial charge in [0.05, 0.1) is 10.4 Å². The normalized spacial score (nSPS) is 12.3. The van der Waals surface area contributed by atoms with Crippen molar-refractivity contribution in [3.05, 3.63) is 46.3 Å². The highest BCUT2D eigenvalue weighted by molar-refractivity contribution is 8.04. The van der Waals surface area contributed by atoms with Crippen molar-refractivity contribution in [1.29, 1.82) is 0 Å². The predicted molar refractivity (Wildman–Crippen MR) is 126 cm³/mol. The molecule has 28 heavy (non-hydrogen) atoms. The lowest BCUT2D eigenvalue weighted by atomic mass is 10.0. The molecular weight excluding hydrogens is 404 g/mol. The van der Waals surface area contributed by atoms with Crippen LogP contribution < -0.4 is 5.73 Å². The van der Waals surface area contributed by atoms with Gasteiger partial charge in [-0.05, 0) is 56.8 Å². The summed E-state index contributed by atoms with van der Waals surface area (Å²) in [6, 6.07) is 7.53. The summed E-state index contributed by atoms with van der Waals surface area (Å²) in [5, 5.41) is 2.76. The molecule has 6 heteroatoms. The standard InChI is InChI=1S/C22H32N2OS3/c1-21(2,12-6-5-7-13-23)27-16-22(3,4)28-20-17(10-8-14-24-20)19(25)18-11-9-15-26-18/h8-11,14-15H,5-7,12-13,16,23H2,1-4H3. The van der Waals surface area contributed by atoms with Gasteiger partial charge in [0.2, 0.25) is 5.78 Å². The van der Waals surface area contributed by atoms with Crippen molar-refractivity contribution >= 4 is 40.6 Å². The number of carbonyl (C=O) groups excluding carboxylic acids is 1. The first-order valence-electron chi connectivity index (χ1n) is 9.80. The third-order valence-corrected chi connectivity index (χ3v) is 8.55. The Hall–Kier alpha value is -0.820. The van der Waals surface area contributed by atoms with Crippen molar-refractivity contribution in [2.45, 2.75) is 67.9 Å². The van der Waals surface area contributed by atoms with E-state index in [0.717, 1.165) is 28.6 Å². The largest absolute Gasteiger partial charge is 0.330 e. The van der Waals surface area contributed by atoms with Gasteiger partial charge in [0.1, 0.15) is 5.03 Å². The zero-order valence-corrected chi connectivity index (χ0v) is 19.8. The number of nitrogens with two attached hydrogens (primary N) is 1. The SMILES string of the molecule is CC(C)(CCCCCN)SCC(C)(C)Sc1ncccc1C(=O)c1cccs1. The molecule has 0 aromatic carbocycles. The van der Waals surface area contributed by atoms with Crippen LogP contribution >= 0.6 is 34.9 Å². The third kappa shape index (κ3) is 7.54. The van der Waals surface area contributed by atoms with Crippen molar-refractivity contribution in [3.8, 4) is 0 Å². The first-order valence-corrected chi connectivity index (χ1v) is 12.5. The molecule has 0 saturated carbocycles. The van der Waals surface area contributed by atoms with Gasteiger partial charge < -0.3 is 5.73 Å². The molecule has 2 heterocycles. The number of ketones is 1. The molecule has 3 nitrogen and oxygen atoms in total. The molecule has 0 aliphatic rings. The van der Waals surface area contributed by atoms with Crippen LogP contribution in [0.4, 0.5) is 0 Å².